The number of alkyl halides is 1. The second-order valence-corrected chi connectivity index (χ2v) is 17.9. The number of anilines is 2. The van der Waals surface area contributed by atoms with E-state index in [4.69, 9.17) is 18.5 Å². The molecule has 310 valence electrons. The maximum atomic E-state index is 14.5. The van der Waals surface area contributed by atoms with Crippen LogP contribution < -0.4 is 20.9 Å². The molecule has 4 fully saturated rings. The Morgan fingerprint density at radius 2 is 1.62 bits per heavy atom. The minimum absolute atomic E-state index is 0.0576. The van der Waals surface area contributed by atoms with E-state index in [1.807, 2.05) is 12.2 Å². The van der Waals surface area contributed by atoms with Crippen LogP contribution in [0.15, 0.2) is 30.4 Å². The average molecular weight is 804 g/mol. The van der Waals surface area contributed by atoms with Crippen LogP contribution in [0.1, 0.15) is 109 Å². The quantitative estimate of drug-likeness (QED) is 0.153. The van der Waals surface area contributed by atoms with Crippen LogP contribution in [-0.2, 0) is 39.3 Å². The van der Waals surface area contributed by atoms with E-state index in [1.165, 1.54) is 4.90 Å². The lowest BCUT2D eigenvalue weighted by molar-refractivity contribution is -0.140. The zero-order chi connectivity index (χ0) is 39.7. The van der Waals surface area contributed by atoms with E-state index in [0.29, 0.717) is 30.5 Å². The zero-order valence-electron chi connectivity index (χ0n) is 32.8. The fraction of sp³-hybridized carbons (Fsp3) is 0.700. The van der Waals surface area contributed by atoms with Crippen molar-refractivity contribution in [2.75, 3.05) is 43.1 Å². The van der Waals surface area contributed by atoms with Gasteiger partial charge in [0, 0.05) is 25.4 Å². The molecule has 5 atom stereocenters. The maximum absolute atomic E-state index is 14.5. The van der Waals surface area contributed by atoms with Gasteiger partial charge in [-0.05, 0) is 102 Å². The van der Waals surface area contributed by atoms with Crippen molar-refractivity contribution in [3.63, 3.8) is 0 Å². The van der Waals surface area contributed by atoms with Crippen LogP contribution in [0, 0.1) is 5.92 Å². The first-order valence-electron chi connectivity index (χ1n) is 20.7. The van der Waals surface area contributed by atoms with Crippen LogP contribution in [-0.4, -0.2) is 91.3 Å². The SMILES string of the molecule is CCOP(=O)(OCC)[C@@]12C[C@H]1/C=C\CCCCC[C@H](NC(=O)OC1CCCC1)C(=O)N1C[C@H](OC(=O)Nc3cc(CF)ccc3N3CCCCC3)C[C@H]1C(=O)N2. The van der Waals surface area contributed by atoms with Crippen LogP contribution in [0.2, 0.25) is 0 Å². The Labute approximate surface area is 329 Å². The van der Waals surface area contributed by atoms with E-state index in [-0.39, 0.29) is 38.2 Å². The summed E-state index contributed by atoms with van der Waals surface area (Å²) in [5, 5.41) is 7.27. The van der Waals surface area contributed by atoms with Crippen molar-refractivity contribution in [3.05, 3.63) is 35.9 Å². The molecule has 4 amide bonds. The van der Waals surface area contributed by atoms with Crippen LogP contribution >= 0.6 is 7.60 Å². The highest BCUT2D eigenvalue weighted by molar-refractivity contribution is 7.56. The van der Waals surface area contributed by atoms with Gasteiger partial charge in [-0.2, -0.15) is 0 Å². The number of fused-ring (bicyclic) bond motifs is 2. The number of benzene rings is 1. The number of allylic oxidation sites excluding steroid dienone is 1. The van der Waals surface area contributed by atoms with Crippen LogP contribution in [0.5, 0.6) is 0 Å². The van der Waals surface area contributed by atoms with Gasteiger partial charge >= 0.3 is 19.8 Å². The molecule has 1 aromatic rings. The first-order valence-corrected chi connectivity index (χ1v) is 22.2. The number of nitrogens with one attached hydrogen (secondary N) is 3. The smallest absolute Gasteiger partial charge is 0.412 e. The van der Waals surface area contributed by atoms with E-state index in [9.17, 15) is 28.1 Å². The molecule has 2 aliphatic carbocycles. The fourth-order valence-electron chi connectivity index (χ4n) is 8.62. The second-order valence-electron chi connectivity index (χ2n) is 15.6. The highest BCUT2D eigenvalue weighted by atomic mass is 31.2. The number of ether oxygens (including phenoxy) is 2. The molecule has 0 spiro atoms. The molecule has 5 aliphatic rings. The molecule has 3 aliphatic heterocycles. The van der Waals surface area contributed by atoms with Crippen molar-refractivity contribution >= 4 is 43.0 Å². The number of piperidine rings is 1. The predicted octanol–water partition coefficient (Wildman–Crippen LogP) is 7.32. The molecule has 3 N–H and O–H groups in total. The molecule has 1 aromatic carbocycles. The zero-order valence-corrected chi connectivity index (χ0v) is 33.7. The van der Waals surface area contributed by atoms with Crippen molar-refractivity contribution < 1.29 is 46.7 Å². The number of carbonyl (C=O) groups excluding carboxylic acids is 4. The van der Waals surface area contributed by atoms with Gasteiger partial charge < -0.3 is 39.0 Å². The number of hydrogen-bond acceptors (Lipinski definition) is 10. The van der Waals surface area contributed by atoms with Crippen molar-refractivity contribution in [2.45, 2.75) is 140 Å². The normalized spacial score (nSPS) is 28.3. The molecule has 16 heteroatoms. The molecule has 56 heavy (non-hydrogen) atoms. The first kappa shape index (κ1) is 41.9. The van der Waals surface area contributed by atoms with Gasteiger partial charge in [-0.3, -0.25) is 19.5 Å². The number of carbonyl (C=O) groups is 4. The number of hydrogen-bond donors (Lipinski definition) is 3. The van der Waals surface area contributed by atoms with Gasteiger partial charge in [0.05, 0.1) is 31.1 Å². The summed E-state index contributed by atoms with van der Waals surface area (Å²) in [6.07, 6.45) is 11.5. The predicted molar refractivity (Wildman–Crippen MR) is 209 cm³/mol. The van der Waals surface area contributed by atoms with Gasteiger partial charge in [0.1, 0.15) is 36.2 Å². The van der Waals surface area contributed by atoms with Gasteiger partial charge in [0.25, 0.3) is 0 Å². The Morgan fingerprint density at radius 1 is 0.929 bits per heavy atom. The van der Waals surface area contributed by atoms with Gasteiger partial charge in [-0.15, -0.1) is 0 Å². The van der Waals surface area contributed by atoms with Gasteiger partial charge in [0.15, 0.2) is 0 Å². The third-order valence-electron chi connectivity index (χ3n) is 11.6. The summed E-state index contributed by atoms with van der Waals surface area (Å²) in [6.45, 7) is 4.39. The summed E-state index contributed by atoms with van der Waals surface area (Å²) in [5.41, 5.74) is 1.58. The molecule has 6 rings (SSSR count). The van der Waals surface area contributed by atoms with Crippen LogP contribution in [0.25, 0.3) is 0 Å². The summed E-state index contributed by atoms with van der Waals surface area (Å²) in [5.74, 6) is -1.42. The molecule has 2 saturated carbocycles. The van der Waals surface area contributed by atoms with Crippen molar-refractivity contribution in [1.29, 1.82) is 0 Å². The third kappa shape index (κ3) is 9.88. The van der Waals surface area contributed by atoms with E-state index in [2.05, 4.69) is 20.9 Å². The van der Waals surface area contributed by atoms with Crippen molar-refractivity contribution in [3.8, 4) is 0 Å². The maximum Gasteiger partial charge on any atom is 0.412 e. The third-order valence-corrected chi connectivity index (χ3v) is 14.4. The van der Waals surface area contributed by atoms with E-state index < -0.39 is 61.7 Å². The molecular formula is C40H59FN5O9P. The van der Waals surface area contributed by atoms with Crippen LogP contribution in [0.4, 0.5) is 25.4 Å². The minimum Gasteiger partial charge on any atom is -0.446 e. The van der Waals surface area contributed by atoms with E-state index in [0.717, 1.165) is 83.0 Å². The Morgan fingerprint density at radius 3 is 2.34 bits per heavy atom. The van der Waals surface area contributed by atoms with Gasteiger partial charge in [-0.25, -0.2) is 14.0 Å². The highest BCUT2D eigenvalue weighted by Crippen LogP contribution is 2.73. The largest absolute Gasteiger partial charge is 0.446 e. The number of nitrogens with zero attached hydrogens (tertiary/aromatic N) is 2. The lowest BCUT2D eigenvalue weighted by Gasteiger charge is -2.32. The topological polar surface area (TPSA) is 165 Å². The van der Waals surface area contributed by atoms with Crippen LogP contribution in [0.3, 0.4) is 0 Å². The van der Waals surface area contributed by atoms with E-state index >= 15 is 0 Å². The van der Waals surface area contributed by atoms with E-state index in [1.54, 1.807) is 32.0 Å². The molecule has 14 nitrogen and oxygen atoms in total. The van der Waals surface area contributed by atoms with Gasteiger partial charge in [-0.1, -0.05) is 31.1 Å². The second kappa shape index (κ2) is 19.2. The number of rotatable bonds is 11. The Balaban J connectivity index is 1.26. The minimum atomic E-state index is -3.89. The summed E-state index contributed by atoms with van der Waals surface area (Å²) < 4.78 is 51.3. The summed E-state index contributed by atoms with van der Waals surface area (Å²) >= 11 is 0. The summed E-state index contributed by atoms with van der Waals surface area (Å²) in [7, 11) is -3.89. The monoisotopic (exact) mass is 803 g/mol. The number of alkyl carbamates (subject to hydrolysis) is 1. The Kier molecular flexibility index (Phi) is 14.4. The highest BCUT2D eigenvalue weighted by Gasteiger charge is 2.68. The molecular weight excluding hydrogens is 744 g/mol. The Bertz CT molecular complexity index is 1630. The van der Waals surface area contributed by atoms with Gasteiger partial charge in [0.2, 0.25) is 11.8 Å². The number of amides is 4. The van der Waals surface area contributed by atoms with Crippen molar-refractivity contribution in [1.82, 2.24) is 15.5 Å². The standard InChI is InChI=1S/C40H59FN5O9P/c1-3-52-56(51,53-4-2)40-25-29(40)15-9-6-5-7-10-18-32(42-38(49)54-30-16-11-12-17-30)37(48)46-27-31(24-35(46)36(47)44-40)55-39(50)43-33-23-28(26-41)19-20-34(33)45-21-13-8-14-22-45/h9,15,19-20,23,29-32,35H,3-8,10-14,16-18,21-22,24-27H2,1-2H3,(H,42,49)(H,43,50)(H,44,47)/b15-9-/t29-,31-,32+,35+,40+/m1/s1. The molecule has 0 aromatic heterocycles. The molecule has 0 bridgehead atoms. The summed E-state index contributed by atoms with van der Waals surface area (Å²) in [6, 6.07) is 2.96. The fourth-order valence-corrected chi connectivity index (χ4v) is 11.0. The van der Waals surface area contributed by atoms with Crippen molar-refractivity contribution in [2.24, 2.45) is 5.92 Å². The molecule has 0 radical (unpaired) electrons. The first-order chi connectivity index (χ1) is 27.1. The molecule has 3 heterocycles. The molecule has 2 saturated heterocycles. The lowest BCUT2D eigenvalue weighted by Crippen LogP contribution is -2.55. The number of halogens is 1. The Hall–Kier alpha value is -3.68. The average Bonchev–Trinajstić information content (AvgIpc) is 3.45. The lowest BCUT2D eigenvalue weighted by atomic mass is 10.0. The summed E-state index contributed by atoms with van der Waals surface area (Å²) in [4.78, 5) is 59.2. The molecule has 0 unspecified atom stereocenters.